The third-order valence-electron chi connectivity index (χ3n) is 8.75. The molecule has 0 atom stereocenters. The first-order valence-electron chi connectivity index (χ1n) is 18.0. The van der Waals surface area contributed by atoms with Gasteiger partial charge in [0.25, 0.3) is 17.7 Å². The second-order valence-electron chi connectivity index (χ2n) is 14.9. The van der Waals surface area contributed by atoms with Crippen molar-refractivity contribution in [1.29, 1.82) is 0 Å². The lowest BCUT2D eigenvalue weighted by Crippen LogP contribution is -2.44. The van der Waals surface area contributed by atoms with Crippen molar-refractivity contribution in [2.75, 3.05) is 60.4 Å². The van der Waals surface area contributed by atoms with E-state index >= 15 is 0 Å². The number of hydrogen-bond acceptors (Lipinski definition) is 4. The molecule has 266 valence electrons. The van der Waals surface area contributed by atoms with E-state index in [9.17, 15) is 14.4 Å². The highest BCUT2D eigenvalue weighted by molar-refractivity contribution is 5.95. The van der Waals surface area contributed by atoms with Gasteiger partial charge in [-0.2, -0.15) is 0 Å². The molecule has 0 unspecified atom stereocenters. The summed E-state index contributed by atoms with van der Waals surface area (Å²) in [5, 5.41) is 0. The van der Waals surface area contributed by atoms with Crippen LogP contribution in [0.2, 0.25) is 0 Å². The van der Waals surface area contributed by atoms with Crippen molar-refractivity contribution in [2.24, 2.45) is 17.8 Å². The molecule has 0 aliphatic heterocycles. The summed E-state index contributed by atoms with van der Waals surface area (Å²) in [7, 11) is 5.53. The Morgan fingerprint density at radius 1 is 0.449 bits per heavy atom. The number of nitrogens with zero attached hydrogens (tertiary/aromatic N) is 4. The van der Waals surface area contributed by atoms with E-state index < -0.39 is 0 Å². The van der Waals surface area contributed by atoms with Crippen LogP contribution in [0.5, 0.6) is 0 Å². The van der Waals surface area contributed by atoms with Gasteiger partial charge in [0.15, 0.2) is 0 Å². The van der Waals surface area contributed by atoms with Gasteiger partial charge in [-0.25, -0.2) is 0 Å². The minimum atomic E-state index is -0.00675. The van der Waals surface area contributed by atoms with Gasteiger partial charge in [0.05, 0.1) is 0 Å². The van der Waals surface area contributed by atoms with Gasteiger partial charge in [-0.15, -0.1) is 0 Å². The van der Waals surface area contributed by atoms with Gasteiger partial charge in [0.1, 0.15) is 0 Å². The number of rotatable bonds is 18. The Labute approximate surface area is 296 Å². The second-order valence-corrected chi connectivity index (χ2v) is 14.9. The fourth-order valence-electron chi connectivity index (χ4n) is 6.08. The average Bonchev–Trinajstić information content (AvgIpc) is 3.05. The van der Waals surface area contributed by atoms with Crippen LogP contribution in [0.1, 0.15) is 89.3 Å². The SMILES string of the molecule is CC(C)Cc1cccc(C(=O)N(C)CCN(CCN(C)C(=O)c2cccc(CC(C)C)c2)CCN(C)C(=O)c2cccc(CC(C)C)c2)c1. The molecule has 0 N–H and O–H groups in total. The second kappa shape index (κ2) is 19.3. The lowest BCUT2D eigenvalue weighted by Gasteiger charge is -2.29. The molecule has 0 fully saturated rings. The van der Waals surface area contributed by atoms with Gasteiger partial charge in [-0.1, -0.05) is 77.9 Å². The summed E-state index contributed by atoms with van der Waals surface area (Å²) in [6.45, 7) is 16.5. The van der Waals surface area contributed by atoms with E-state index in [1.54, 1.807) is 14.7 Å². The zero-order chi connectivity index (χ0) is 36.1. The van der Waals surface area contributed by atoms with E-state index in [-0.39, 0.29) is 17.7 Å². The van der Waals surface area contributed by atoms with Crippen LogP contribution in [-0.4, -0.2) is 97.7 Å². The quantitative estimate of drug-likeness (QED) is 0.144. The Hall–Kier alpha value is -3.97. The number of amides is 3. The molecule has 0 heterocycles. The Bertz CT molecular complexity index is 1340. The molecule has 3 aromatic rings. The van der Waals surface area contributed by atoms with Crippen LogP contribution in [0.4, 0.5) is 0 Å². The van der Waals surface area contributed by atoms with Crippen LogP contribution in [0.15, 0.2) is 72.8 Å². The highest BCUT2D eigenvalue weighted by atomic mass is 16.2. The van der Waals surface area contributed by atoms with Crippen LogP contribution in [-0.2, 0) is 19.3 Å². The maximum atomic E-state index is 13.4. The van der Waals surface area contributed by atoms with Crippen LogP contribution < -0.4 is 0 Å². The lowest BCUT2D eigenvalue weighted by atomic mass is 10.0. The number of carbonyl (C=O) groups excluding carboxylic acids is 3. The summed E-state index contributed by atoms with van der Waals surface area (Å²) in [4.78, 5) is 47.8. The summed E-state index contributed by atoms with van der Waals surface area (Å²) in [6.07, 6.45) is 2.80. The Balaban J connectivity index is 1.69. The summed E-state index contributed by atoms with van der Waals surface area (Å²) in [5.74, 6) is 1.52. The zero-order valence-corrected chi connectivity index (χ0v) is 31.5. The summed E-state index contributed by atoms with van der Waals surface area (Å²) in [5.41, 5.74) is 5.59. The van der Waals surface area contributed by atoms with Gasteiger partial charge in [0, 0.05) is 77.1 Å². The molecule has 0 radical (unpaired) electrons. The maximum absolute atomic E-state index is 13.4. The van der Waals surface area contributed by atoms with Crippen molar-refractivity contribution in [3.63, 3.8) is 0 Å². The minimum Gasteiger partial charge on any atom is -0.340 e. The molecule has 0 aromatic heterocycles. The number of hydrogen-bond donors (Lipinski definition) is 0. The van der Waals surface area contributed by atoms with Gasteiger partial charge < -0.3 is 14.7 Å². The fraction of sp³-hybridized carbons (Fsp3) is 0.500. The molecule has 0 spiro atoms. The number of benzene rings is 3. The van der Waals surface area contributed by atoms with Crippen molar-refractivity contribution >= 4 is 17.7 Å². The first kappa shape index (κ1) is 39.5. The third kappa shape index (κ3) is 13.1. The molecule has 0 bridgehead atoms. The normalized spacial score (nSPS) is 11.4. The summed E-state index contributed by atoms with van der Waals surface area (Å²) < 4.78 is 0. The lowest BCUT2D eigenvalue weighted by molar-refractivity contribution is 0.0736. The fourth-order valence-corrected chi connectivity index (χ4v) is 6.08. The van der Waals surface area contributed by atoms with Crippen LogP contribution in [0.3, 0.4) is 0 Å². The molecule has 3 aromatic carbocycles. The molecule has 0 aliphatic rings. The molecular weight excluding hydrogens is 608 g/mol. The number of carbonyl (C=O) groups is 3. The highest BCUT2D eigenvalue weighted by Gasteiger charge is 2.19. The Morgan fingerprint density at radius 2 is 0.714 bits per heavy atom. The molecule has 49 heavy (non-hydrogen) atoms. The summed E-state index contributed by atoms with van der Waals surface area (Å²) >= 11 is 0. The molecule has 7 heteroatoms. The van der Waals surface area contributed by atoms with Crippen molar-refractivity contribution in [3.8, 4) is 0 Å². The molecule has 0 saturated carbocycles. The Kier molecular flexibility index (Phi) is 15.5. The third-order valence-corrected chi connectivity index (χ3v) is 8.75. The van der Waals surface area contributed by atoms with Crippen molar-refractivity contribution < 1.29 is 14.4 Å². The van der Waals surface area contributed by atoms with Crippen molar-refractivity contribution in [3.05, 3.63) is 106 Å². The maximum Gasteiger partial charge on any atom is 0.253 e. The predicted molar refractivity (Wildman–Crippen MR) is 202 cm³/mol. The van der Waals surface area contributed by atoms with E-state index in [1.165, 1.54) is 16.7 Å². The molecule has 0 saturated heterocycles. The average molecular weight is 669 g/mol. The highest BCUT2D eigenvalue weighted by Crippen LogP contribution is 2.15. The van der Waals surface area contributed by atoms with E-state index in [2.05, 4.69) is 64.6 Å². The first-order chi connectivity index (χ1) is 23.2. The monoisotopic (exact) mass is 668 g/mol. The van der Waals surface area contributed by atoms with Crippen LogP contribution in [0, 0.1) is 17.8 Å². The van der Waals surface area contributed by atoms with E-state index in [4.69, 9.17) is 0 Å². The van der Waals surface area contributed by atoms with Gasteiger partial charge in [0.2, 0.25) is 0 Å². The van der Waals surface area contributed by atoms with Gasteiger partial charge in [-0.05, 0) is 90.1 Å². The largest absolute Gasteiger partial charge is 0.340 e. The zero-order valence-electron chi connectivity index (χ0n) is 31.5. The standard InChI is InChI=1S/C42H60N4O3/c1-31(2)25-34-13-10-16-37(28-34)40(47)43(7)19-22-46(23-20-44(8)41(48)38-17-11-14-35(29-38)26-32(3)4)24-21-45(9)42(49)39-18-12-15-36(30-39)27-33(5)6/h10-18,28-33H,19-27H2,1-9H3. The topological polar surface area (TPSA) is 64.2 Å². The Morgan fingerprint density at radius 3 is 0.959 bits per heavy atom. The van der Waals surface area contributed by atoms with Crippen molar-refractivity contribution in [1.82, 2.24) is 19.6 Å². The van der Waals surface area contributed by atoms with E-state index in [0.717, 1.165) is 19.3 Å². The van der Waals surface area contributed by atoms with Gasteiger partial charge in [-0.3, -0.25) is 19.3 Å². The molecule has 7 nitrogen and oxygen atoms in total. The smallest absolute Gasteiger partial charge is 0.253 e. The molecule has 3 rings (SSSR count). The molecular formula is C42H60N4O3. The van der Waals surface area contributed by atoms with Gasteiger partial charge >= 0.3 is 0 Å². The summed E-state index contributed by atoms with van der Waals surface area (Å²) in [6, 6.07) is 23.8. The number of likely N-dealkylation sites (N-methyl/N-ethyl adjacent to an activating group) is 3. The molecule has 0 aliphatic carbocycles. The van der Waals surface area contributed by atoms with E-state index in [1.807, 2.05) is 75.7 Å². The predicted octanol–water partition coefficient (Wildman–Crippen LogP) is 7.20. The molecule has 3 amide bonds. The first-order valence-corrected chi connectivity index (χ1v) is 18.0. The van der Waals surface area contributed by atoms with Crippen molar-refractivity contribution in [2.45, 2.75) is 60.8 Å². The minimum absolute atomic E-state index is 0.00675. The van der Waals surface area contributed by atoms with Crippen LogP contribution >= 0.6 is 0 Å². The van der Waals surface area contributed by atoms with E-state index in [0.29, 0.717) is 73.7 Å². The van der Waals surface area contributed by atoms with Crippen LogP contribution in [0.25, 0.3) is 0 Å².